The molecule has 0 amide bonds. The maximum absolute atomic E-state index is 12.3. The number of halogens is 1. The maximum Gasteiger partial charge on any atom is 0.344 e. The van der Waals surface area contributed by atoms with Gasteiger partial charge in [-0.1, -0.05) is 22.0 Å². The Kier molecular flexibility index (Phi) is 7.90. The summed E-state index contributed by atoms with van der Waals surface area (Å²) in [6, 6.07) is 11.1. The van der Waals surface area contributed by atoms with E-state index in [0.717, 1.165) is 10.0 Å². The zero-order valence-corrected chi connectivity index (χ0v) is 16.5. The van der Waals surface area contributed by atoms with Crippen molar-refractivity contribution < 1.29 is 28.5 Å². The molecular weight excluding hydrogens is 404 g/mol. The van der Waals surface area contributed by atoms with Gasteiger partial charge in [-0.15, -0.1) is 0 Å². The van der Waals surface area contributed by atoms with Crippen LogP contribution in [0.3, 0.4) is 0 Å². The van der Waals surface area contributed by atoms with Crippen LogP contribution in [-0.2, 0) is 20.8 Å². The minimum atomic E-state index is -0.537. The van der Waals surface area contributed by atoms with Crippen molar-refractivity contribution in [2.24, 2.45) is 0 Å². The Morgan fingerprint density at radius 2 is 1.81 bits per heavy atom. The first-order valence-electron chi connectivity index (χ1n) is 7.84. The largest absolute Gasteiger partial charge is 0.489 e. The van der Waals surface area contributed by atoms with Gasteiger partial charge in [0.1, 0.15) is 23.7 Å². The second kappa shape index (κ2) is 10.2. The number of hydrogen-bond acceptors (Lipinski definition) is 6. The molecule has 0 saturated carbocycles. The Hall–Kier alpha value is -2.09. The molecule has 0 fully saturated rings. The SMILES string of the molecule is COCOC(=O)c1cc(C)cc(COc2cccc(Br)c2)c1OCOC. The molecule has 2 rings (SSSR count). The van der Waals surface area contributed by atoms with Crippen molar-refractivity contribution in [3.63, 3.8) is 0 Å². The van der Waals surface area contributed by atoms with E-state index >= 15 is 0 Å². The highest BCUT2D eigenvalue weighted by Crippen LogP contribution is 2.29. The van der Waals surface area contributed by atoms with Crippen LogP contribution in [0.1, 0.15) is 21.5 Å². The van der Waals surface area contributed by atoms with Crippen LogP contribution in [0.15, 0.2) is 40.9 Å². The molecule has 0 saturated heterocycles. The average molecular weight is 425 g/mol. The summed E-state index contributed by atoms with van der Waals surface area (Å²) in [7, 11) is 2.96. The number of methoxy groups -OCH3 is 2. The highest BCUT2D eigenvalue weighted by atomic mass is 79.9. The lowest BCUT2D eigenvalue weighted by molar-refractivity contribution is -0.0133. The van der Waals surface area contributed by atoms with Gasteiger partial charge in [-0.2, -0.15) is 0 Å². The molecule has 0 bridgehead atoms. The smallest absolute Gasteiger partial charge is 0.344 e. The van der Waals surface area contributed by atoms with Crippen LogP contribution in [0, 0.1) is 6.92 Å². The van der Waals surface area contributed by atoms with E-state index in [9.17, 15) is 4.79 Å². The molecule has 0 unspecified atom stereocenters. The molecular formula is C19H21BrO6. The number of ether oxygens (including phenoxy) is 5. The second-order valence-corrected chi connectivity index (χ2v) is 6.35. The standard InChI is InChI=1S/C19H21BrO6/c1-13-7-14(10-24-16-6-4-5-15(20)9-16)18(25-11-22-2)17(8-13)19(21)26-12-23-3/h4-9H,10-12H2,1-3H3. The summed E-state index contributed by atoms with van der Waals surface area (Å²) in [5.41, 5.74) is 1.89. The van der Waals surface area contributed by atoms with Gasteiger partial charge in [0, 0.05) is 24.3 Å². The first-order valence-corrected chi connectivity index (χ1v) is 8.64. The summed E-state index contributed by atoms with van der Waals surface area (Å²) < 4.78 is 27.2. The lowest BCUT2D eigenvalue weighted by Gasteiger charge is -2.16. The monoisotopic (exact) mass is 424 g/mol. The van der Waals surface area contributed by atoms with Gasteiger partial charge in [0.2, 0.25) is 0 Å². The topological polar surface area (TPSA) is 63.2 Å². The minimum Gasteiger partial charge on any atom is -0.489 e. The summed E-state index contributed by atoms with van der Waals surface area (Å²) >= 11 is 3.41. The first kappa shape index (κ1) is 20.2. The molecule has 2 aromatic carbocycles. The summed E-state index contributed by atoms with van der Waals surface area (Å²) in [5, 5.41) is 0. The molecule has 7 heteroatoms. The fraction of sp³-hybridized carbons (Fsp3) is 0.316. The quantitative estimate of drug-likeness (QED) is 0.446. The van der Waals surface area contributed by atoms with Gasteiger partial charge in [0.25, 0.3) is 0 Å². The van der Waals surface area contributed by atoms with Crippen LogP contribution in [0.4, 0.5) is 0 Å². The Balaban J connectivity index is 2.30. The average Bonchev–Trinajstić information content (AvgIpc) is 2.63. The van der Waals surface area contributed by atoms with Crippen molar-refractivity contribution in [3.05, 3.63) is 57.6 Å². The summed E-state index contributed by atoms with van der Waals surface area (Å²) in [6.07, 6.45) is 0. The van der Waals surface area contributed by atoms with Crippen LogP contribution < -0.4 is 9.47 Å². The number of carbonyl (C=O) groups is 1. The van der Waals surface area contributed by atoms with E-state index < -0.39 is 5.97 Å². The molecule has 0 aromatic heterocycles. The Morgan fingerprint density at radius 1 is 1.04 bits per heavy atom. The maximum atomic E-state index is 12.3. The van der Waals surface area contributed by atoms with E-state index in [1.807, 2.05) is 37.3 Å². The van der Waals surface area contributed by atoms with E-state index in [4.69, 9.17) is 23.7 Å². The Bertz CT molecular complexity index is 747. The highest BCUT2D eigenvalue weighted by Gasteiger charge is 2.19. The van der Waals surface area contributed by atoms with Gasteiger partial charge >= 0.3 is 5.97 Å². The van der Waals surface area contributed by atoms with Gasteiger partial charge in [0.15, 0.2) is 13.6 Å². The molecule has 0 heterocycles. The van der Waals surface area contributed by atoms with Crippen molar-refractivity contribution in [1.82, 2.24) is 0 Å². The van der Waals surface area contributed by atoms with Crippen molar-refractivity contribution >= 4 is 21.9 Å². The number of benzene rings is 2. The van der Waals surface area contributed by atoms with Gasteiger partial charge < -0.3 is 23.7 Å². The van der Waals surface area contributed by atoms with Crippen LogP contribution in [0.2, 0.25) is 0 Å². The number of esters is 1. The van der Waals surface area contributed by atoms with Crippen molar-refractivity contribution in [2.75, 3.05) is 27.8 Å². The van der Waals surface area contributed by atoms with Crippen molar-refractivity contribution in [1.29, 1.82) is 0 Å². The molecule has 6 nitrogen and oxygen atoms in total. The molecule has 0 aliphatic rings. The fourth-order valence-corrected chi connectivity index (χ4v) is 2.68. The third kappa shape index (κ3) is 5.72. The summed E-state index contributed by atoms with van der Waals surface area (Å²) in [4.78, 5) is 12.3. The summed E-state index contributed by atoms with van der Waals surface area (Å²) in [5.74, 6) is 0.529. The molecule has 0 aliphatic carbocycles. The summed E-state index contributed by atoms with van der Waals surface area (Å²) in [6.45, 7) is 1.97. The van der Waals surface area contributed by atoms with Gasteiger partial charge in [-0.05, 0) is 42.8 Å². The van der Waals surface area contributed by atoms with E-state index in [2.05, 4.69) is 15.9 Å². The Labute approximate surface area is 161 Å². The molecule has 0 spiro atoms. The number of carbonyl (C=O) groups excluding carboxylic acids is 1. The van der Waals surface area contributed by atoms with E-state index in [1.54, 1.807) is 6.07 Å². The van der Waals surface area contributed by atoms with Crippen molar-refractivity contribution in [3.8, 4) is 11.5 Å². The van der Waals surface area contributed by atoms with Gasteiger partial charge in [0.05, 0.1) is 0 Å². The second-order valence-electron chi connectivity index (χ2n) is 5.44. The van der Waals surface area contributed by atoms with Crippen LogP contribution in [0.25, 0.3) is 0 Å². The predicted molar refractivity (Wildman–Crippen MR) is 99.4 cm³/mol. The molecule has 0 atom stereocenters. The molecule has 0 aliphatic heterocycles. The van der Waals surface area contributed by atoms with E-state index in [1.165, 1.54) is 14.2 Å². The lowest BCUT2D eigenvalue weighted by Crippen LogP contribution is -2.13. The minimum absolute atomic E-state index is 0.00248. The Morgan fingerprint density at radius 3 is 2.50 bits per heavy atom. The molecule has 140 valence electrons. The van der Waals surface area contributed by atoms with Crippen LogP contribution >= 0.6 is 15.9 Å². The van der Waals surface area contributed by atoms with Crippen LogP contribution in [-0.4, -0.2) is 33.8 Å². The third-order valence-corrected chi connectivity index (χ3v) is 3.84. The van der Waals surface area contributed by atoms with E-state index in [-0.39, 0.29) is 20.2 Å². The van der Waals surface area contributed by atoms with Gasteiger partial charge in [-0.25, -0.2) is 4.79 Å². The zero-order chi connectivity index (χ0) is 18.9. The van der Waals surface area contributed by atoms with Crippen molar-refractivity contribution in [2.45, 2.75) is 13.5 Å². The predicted octanol–water partition coefficient (Wildman–Crippen LogP) is 4.08. The molecule has 0 radical (unpaired) electrons. The molecule has 2 aromatic rings. The van der Waals surface area contributed by atoms with Crippen LogP contribution in [0.5, 0.6) is 11.5 Å². The third-order valence-electron chi connectivity index (χ3n) is 3.35. The first-order chi connectivity index (χ1) is 12.5. The highest BCUT2D eigenvalue weighted by molar-refractivity contribution is 9.10. The normalized spacial score (nSPS) is 10.5. The number of rotatable bonds is 9. The molecule has 26 heavy (non-hydrogen) atoms. The zero-order valence-electron chi connectivity index (χ0n) is 14.9. The van der Waals surface area contributed by atoms with Gasteiger partial charge in [-0.3, -0.25) is 0 Å². The van der Waals surface area contributed by atoms with E-state index in [0.29, 0.717) is 22.6 Å². The molecule has 0 N–H and O–H groups in total. The number of hydrogen-bond donors (Lipinski definition) is 0. The fourth-order valence-electron chi connectivity index (χ4n) is 2.30. The number of aryl methyl sites for hydroxylation is 1. The lowest BCUT2D eigenvalue weighted by atomic mass is 10.0.